The first-order valence-corrected chi connectivity index (χ1v) is 10.7. The molecule has 1 aromatic heterocycles. The van der Waals surface area contributed by atoms with Gasteiger partial charge < -0.3 is 15.2 Å². The molecule has 0 fully saturated rings. The zero-order valence-corrected chi connectivity index (χ0v) is 18.1. The molecule has 2 N–H and O–H groups in total. The molecule has 0 bridgehead atoms. The van der Waals surface area contributed by atoms with Gasteiger partial charge in [0, 0.05) is 30.2 Å². The van der Waals surface area contributed by atoms with Crippen molar-refractivity contribution >= 4 is 46.4 Å². The minimum atomic E-state index is 0.562. The minimum absolute atomic E-state index is 0.562. The second-order valence-electron chi connectivity index (χ2n) is 6.56. The van der Waals surface area contributed by atoms with Crippen molar-refractivity contribution < 1.29 is 0 Å². The Balaban J connectivity index is 1.80. The zero-order chi connectivity index (χ0) is 19.1. The van der Waals surface area contributed by atoms with Crippen LogP contribution in [0.2, 0.25) is 5.02 Å². The summed E-state index contributed by atoms with van der Waals surface area (Å²) in [7, 11) is 0. The van der Waals surface area contributed by atoms with Gasteiger partial charge in [0.15, 0.2) is 10.3 Å². The molecule has 0 radical (unpaired) electrons. The van der Waals surface area contributed by atoms with E-state index < -0.39 is 0 Å². The van der Waals surface area contributed by atoms with Crippen LogP contribution in [0.3, 0.4) is 0 Å². The van der Waals surface area contributed by atoms with Gasteiger partial charge in [-0.1, -0.05) is 43.3 Å². The van der Waals surface area contributed by atoms with Gasteiger partial charge in [0.25, 0.3) is 0 Å². The summed E-state index contributed by atoms with van der Waals surface area (Å²) in [6.07, 6.45) is 3.83. The predicted octanol–water partition coefficient (Wildman–Crippen LogP) is 4.54. The lowest BCUT2D eigenvalue weighted by molar-refractivity contribution is 0.477. The second-order valence-corrected chi connectivity index (χ2v) is 8.14. The lowest BCUT2D eigenvalue weighted by atomic mass is 10.2. The van der Waals surface area contributed by atoms with Gasteiger partial charge in [0.05, 0.1) is 0 Å². The number of benzene rings is 1. The van der Waals surface area contributed by atoms with Crippen molar-refractivity contribution in [2.24, 2.45) is 5.92 Å². The first-order chi connectivity index (χ1) is 12.4. The van der Waals surface area contributed by atoms with Crippen LogP contribution >= 0.6 is 35.6 Å². The smallest absolute Gasteiger partial charge is 0.190 e. The lowest BCUT2D eigenvalue weighted by Gasteiger charge is -2.13. The number of anilines is 1. The van der Waals surface area contributed by atoms with Crippen LogP contribution in [-0.4, -0.2) is 32.7 Å². The highest BCUT2D eigenvalue weighted by molar-refractivity contribution is 7.98. The second kappa shape index (κ2) is 10.1. The molecular formula is C18H26ClN5S2. The Labute approximate surface area is 170 Å². The molecule has 26 heavy (non-hydrogen) atoms. The maximum atomic E-state index is 6.14. The third kappa shape index (κ3) is 6.14. The van der Waals surface area contributed by atoms with E-state index in [2.05, 4.69) is 39.2 Å². The molecule has 0 saturated heterocycles. The molecule has 1 aromatic carbocycles. The average molecular weight is 412 g/mol. The van der Waals surface area contributed by atoms with Gasteiger partial charge in [0.2, 0.25) is 0 Å². The lowest BCUT2D eigenvalue weighted by Crippen LogP contribution is -2.29. The summed E-state index contributed by atoms with van der Waals surface area (Å²) in [6, 6.07) is 5.81. The van der Waals surface area contributed by atoms with Gasteiger partial charge >= 0.3 is 0 Å². The standard InChI is InChI=1S/C18H26ClN5S2/c1-12(2)11-24-16(22-23-18(24)26-4)6-5-9-20-17(25)21-14-8-7-13(3)15(19)10-14/h7-8,10,12H,5-6,9,11H2,1-4H3,(H2,20,21,25). The molecule has 0 aliphatic carbocycles. The SMILES string of the molecule is CSc1nnc(CCCNC(=S)Nc2ccc(C)c(Cl)c2)n1CC(C)C. The normalized spacial score (nSPS) is 11.0. The highest BCUT2D eigenvalue weighted by Gasteiger charge is 2.12. The number of rotatable bonds is 8. The molecule has 0 saturated carbocycles. The van der Waals surface area contributed by atoms with E-state index in [1.165, 1.54) is 0 Å². The molecule has 0 aliphatic heterocycles. The average Bonchev–Trinajstić information content (AvgIpc) is 2.96. The van der Waals surface area contributed by atoms with E-state index >= 15 is 0 Å². The van der Waals surface area contributed by atoms with Crippen LogP contribution < -0.4 is 10.6 Å². The molecule has 2 rings (SSSR count). The molecule has 0 unspecified atom stereocenters. The number of thioether (sulfide) groups is 1. The van der Waals surface area contributed by atoms with E-state index in [-0.39, 0.29) is 0 Å². The first kappa shape index (κ1) is 21.0. The number of nitrogens with zero attached hydrogens (tertiary/aromatic N) is 3. The number of aromatic nitrogens is 3. The van der Waals surface area contributed by atoms with Gasteiger partial charge in [-0.05, 0) is 55.4 Å². The fourth-order valence-corrected chi connectivity index (χ4v) is 3.42. The van der Waals surface area contributed by atoms with Crippen molar-refractivity contribution in [3.05, 3.63) is 34.6 Å². The fourth-order valence-electron chi connectivity index (χ4n) is 2.50. The van der Waals surface area contributed by atoms with Crippen molar-refractivity contribution in [3.8, 4) is 0 Å². The monoisotopic (exact) mass is 411 g/mol. The van der Waals surface area contributed by atoms with Gasteiger partial charge in [0.1, 0.15) is 5.82 Å². The largest absolute Gasteiger partial charge is 0.362 e. The van der Waals surface area contributed by atoms with Crippen LogP contribution in [0.5, 0.6) is 0 Å². The number of aryl methyl sites for hydroxylation is 2. The van der Waals surface area contributed by atoms with E-state index in [9.17, 15) is 0 Å². The molecule has 5 nitrogen and oxygen atoms in total. The Kier molecular flexibility index (Phi) is 8.18. The summed E-state index contributed by atoms with van der Waals surface area (Å²) in [5, 5.41) is 17.3. The van der Waals surface area contributed by atoms with Gasteiger partial charge in [-0.2, -0.15) is 0 Å². The number of hydrogen-bond acceptors (Lipinski definition) is 4. The first-order valence-electron chi connectivity index (χ1n) is 8.67. The van der Waals surface area contributed by atoms with Crippen molar-refractivity contribution in [1.82, 2.24) is 20.1 Å². The van der Waals surface area contributed by atoms with Gasteiger partial charge in [-0.3, -0.25) is 0 Å². The van der Waals surface area contributed by atoms with E-state index in [1.807, 2.05) is 31.4 Å². The predicted molar refractivity (Wildman–Crippen MR) is 115 cm³/mol. The van der Waals surface area contributed by atoms with E-state index in [0.29, 0.717) is 11.0 Å². The van der Waals surface area contributed by atoms with Crippen LogP contribution in [0, 0.1) is 12.8 Å². The number of halogens is 1. The van der Waals surface area contributed by atoms with Gasteiger partial charge in [-0.15, -0.1) is 10.2 Å². The van der Waals surface area contributed by atoms with Crippen LogP contribution in [0.15, 0.2) is 23.4 Å². The number of nitrogens with one attached hydrogen (secondary N) is 2. The summed E-state index contributed by atoms with van der Waals surface area (Å²) < 4.78 is 2.22. The highest BCUT2D eigenvalue weighted by Crippen LogP contribution is 2.20. The maximum absolute atomic E-state index is 6.14. The van der Waals surface area contributed by atoms with Crippen molar-refractivity contribution in [2.45, 2.75) is 45.3 Å². The molecule has 0 aliphatic rings. The Morgan fingerprint density at radius 2 is 2.12 bits per heavy atom. The Morgan fingerprint density at radius 3 is 2.77 bits per heavy atom. The van der Waals surface area contributed by atoms with Crippen molar-refractivity contribution in [3.63, 3.8) is 0 Å². The Morgan fingerprint density at radius 1 is 1.35 bits per heavy atom. The molecule has 8 heteroatoms. The molecule has 0 atom stereocenters. The zero-order valence-electron chi connectivity index (χ0n) is 15.7. The molecule has 2 aromatic rings. The number of thiocarbonyl (C=S) groups is 1. The third-order valence-electron chi connectivity index (χ3n) is 3.82. The Bertz CT molecular complexity index is 745. The fraction of sp³-hybridized carbons (Fsp3) is 0.500. The topological polar surface area (TPSA) is 54.8 Å². The summed E-state index contributed by atoms with van der Waals surface area (Å²) >= 11 is 13.1. The molecule has 1 heterocycles. The van der Waals surface area contributed by atoms with E-state index in [1.54, 1.807) is 11.8 Å². The van der Waals surface area contributed by atoms with Crippen molar-refractivity contribution in [1.29, 1.82) is 0 Å². The number of hydrogen-bond donors (Lipinski definition) is 2. The quantitative estimate of drug-likeness (QED) is 0.378. The van der Waals surface area contributed by atoms with Crippen LogP contribution in [0.4, 0.5) is 5.69 Å². The summed E-state index contributed by atoms with van der Waals surface area (Å²) in [5.41, 5.74) is 1.94. The molecular weight excluding hydrogens is 386 g/mol. The third-order valence-corrected chi connectivity index (χ3v) is 5.14. The van der Waals surface area contributed by atoms with E-state index in [0.717, 1.165) is 53.2 Å². The maximum Gasteiger partial charge on any atom is 0.190 e. The summed E-state index contributed by atoms with van der Waals surface area (Å²) in [6.45, 7) is 8.10. The van der Waals surface area contributed by atoms with Crippen LogP contribution in [-0.2, 0) is 13.0 Å². The van der Waals surface area contributed by atoms with E-state index in [4.69, 9.17) is 23.8 Å². The molecule has 0 spiro atoms. The highest BCUT2D eigenvalue weighted by atomic mass is 35.5. The summed E-state index contributed by atoms with van der Waals surface area (Å²) in [4.78, 5) is 0. The van der Waals surface area contributed by atoms with Gasteiger partial charge in [-0.25, -0.2) is 0 Å². The molecule has 0 amide bonds. The Hall–Kier alpha value is -1.31. The van der Waals surface area contributed by atoms with Crippen LogP contribution in [0.1, 0.15) is 31.7 Å². The summed E-state index contributed by atoms with van der Waals surface area (Å²) in [5.74, 6) is 1.60. The minimum Gasteiger partial charge on any atom is -0.362 e. The van der Waals surface area contributed by atoms with Crippen LogP contribution in [0.25, 0.3) is 0 Å². The molecule has 142 valence electrons. The van der Waals surface area contributed by atoms with Crippen molar-refractivity contribution in [2.75, 3.05) is 18.1 Å².